The molecule has 1 heterocycles. The minimum Gasteiger partial charge on any atom is -0.342 e. The SMILES string of the molecule is CC(C)C(N)CCN(C)C(=O)c1ccnnc1. The minimum absolute atomic E-state index is 0.0455. The van der Waals surface area contributed by atoms with Crippen molar-refractivity contribution in [2.75, 3.05) is 13.6 Å². The summed E-state index contributed by atoms with van der Waals surface area (Å²) in [5.41, 5.74) is 6.50. The number of aromatic nitrogens is 2. The number of hydrogen-bond acceptors (Lipinski definition) is 4. The molecule has 1 amide bonds. The van der Waals surface area contributed by atoms with Crippen molar-refractivity contribution in [3.05, 3.63) is 24.0 Å². The van der Waals surface area contributed by atoms with E-state index in [4.69, 9.17) is 5.73 Å². The largest absolute Gasteiger partial charge is 0.342 e. The van der Waals surface area contributed by atoms with Crippen molar-refractivity contribution >= 4 is 5.91 Å². The van der Waals surface area contributed by atoms with Crippen molar-refractivity contribution in [3.63, 3.8) is 0 Å². The van der Waals surface area contributed by atoms with Crippen molar-refractivity contribution in [1.82, 2.24) is 15.1 Å². The molecule has 17 heavy (non-hydrogen) atoms. The Morgan fingerprint density at radius 1 is 1.47 bits per heavy atom. The van der Waals surface area contributed by atoms with Gasteiger partial charge >= 0.3 is 0 Å². The second kappa shape index (κ2) is 6.30. The highest BCUT2D eigenvalue weighted by molar-refractivity contribution is 5.93. The maximum Gasteiger partial charge on any atom is 0.255 e. The first-order valence-corrected chi connectivity index (χ1v) is 5.80. The monoisotopic (exact) mass is 236 g/mol. The van der Waals surface area contributed by atoms with Crippen molar-refractivity contribution in [2.45, 2.75) is 26.3 Å². The molecule has 0 aliphatic heterocycles. The lowest BCUT2D eigenvalue weighted by Gasteiger charge is -2.21. The standard InChI is InChI=1S/C12H20N4O/c1-9(2)11(13)5-7-16(3)12(17)10-4-6-14-15-8-10/h4,6,8-9,11H,5,7,13H2,1-3H3. The van der Waals surface area contributed by atoms with Gasteiger partial charge in [0.15, 0.2) is 0 Å². The number of hydrogen-bond donors (Lipinski definition) is 1. The molecule has 94 valence electrons. The predicted octanol–water partition coefficient (Wildman–Crippen LogP) is 0.922. The van der Waals surface area contributed by atoms with Gasteiger partial charge < -0.3 is 10.6 Å². The first-order valence-electron chi connectivity index (χ1n) is 5.80. The third-order valence-corrected chi connectivity index (χ3v) is 2.83. The van der Waals surface area contributed by atoms with E-state index in [1.54, 1.807) is 18.0 Å². The van der Waals surface area contributed by atoms with Crippen LogP contribution in [0.25, 0.3) is 0 Å². The van der Waals surface area contributed by atoms with Gasteiger partial charge in [0.1, 0.15) is 0 Å². The predicted molar refractivity (Wildman–Crippen MR) is 66.4 cm³/mol. The smallest absolute Gasteiger partial charge is 0.255 e. The van der Waals surface area contributed by atoms with E-state index in [0.717, 1.165) is 6.42 Å². The molecule has 0 aliphatic carbocycles. The Morgan fingerprint density at radius 2 is 2.18 bits per heavy atom. The highest BCUT2D eigenvalue weighted by atomic mass is 16.2. The maximum absolute atomic E-state index is 11.9. The summed E-state index contributed by atoms with van der Waals surface area (Å²) < 4.78 is 0. The molecular weight excluding hydrogens is 216 g/mol. The average Bonchev–Trinajstić information content (AvgIpc) is 2.35. The molecule has 0 radical (unpaired) electrons. The highest BCUT2D eigenvalue weighted by Crippen LogP contribution is 2.06. The third-order valence-electron chi connectivity index (χ3n) is 2.83. The van der Waals surface area contributed by atoms with Gasteiger partial charge in [-0.2, -0.15) is 10.2 Å². The van der Waals surface area contributed by atoms with Crippen LogP contribution in [-0.2, 0) is 0 Å². The summed E-state index contributed by atoms with van der Waals surface area (Å²) in [5.74, 6) is 0.386. The Kier molecular flexibility index (Phi) is 5.03. The summed E-state index contributed by atoms with van der Waals surface area (Å²) in [5, 5.41) is 7.33. The molecule has 0 saturated heterocycles. The highest BCUT2D eigenvalue weighted by Gasteiger charge is 2.14. The summed E-state index contributed by atoms with van der Waals surface area (Å²) in [6.07, 6.45) is 3.79. The van der Waals surface area contributed by atoms with E-state index < -0.39 is 0 Å². The van der Waals surface area contributed by atoms with Gasteiger partial charge in [0.05, 0.1) is 18.0 Å². The Labute approximate surface area is 102 Å². The first-order chi connectivity index (χ1) is 8.02. The van der Waals surface area contributed by atoms with Gasteiger partial charge in [0.25, 0.3) is 5.91 Å². The van der Waals surface area contributed by atoms with Gasteiger partial charge in [0, 0.05) is 19.6 Å². The van der Waals surface area contributed by atoms with Crippen LogP contribution in [0.2, 0.25) is 0 Å². The van der Waals surface area contributed by atoms with Crippen LogP contribution in [0, 0.1) is 5.92 Å². The molecule has 5 nitrogen and oxygen atoms in total. The van der Waals surface area contributed by atoms with Crippen LogP contribution in [0.1, 0.15) is 30.6 Å². The molecule has 1 aromatic heterocycles. The van der Waals surface area contributed by atoms with Crippen molar-refractivity contribution in [1.29, 1.82) is 0 Å². The summed E-state index contributed by atoms with van der Waals surface area (Å²) in [6.45, 7) is 4.82. The van der Waals surface area contributed by atoms with Crippen LogP contribution in [0.4, 0.5) is 0 Å². The fourth-order valence-corrected chi connectivity index (χ4v) is 1.42. The molecule has 1 atom stereocenters. The van der Waals surface area contributed by atoms with Gasteiger partial charge in [-0.25, -0.2) is 0 Å². The molecule has 0 fully saturated rings. The lowest BCUT2D eigenvalue weighted by atomic mass is 10.0. The minimum atomic E-state index is -0.0455. The first kappa shape index (κ1) is 13.6. The van der Waals surface area contributed by atoms with Gasteiger partial charge in [-0.15, -0.1) is 0 Å². The molecule has 0 bridgehead atoms. The number of carbonyl (C=O) groups excluding carboxylic acids is 1. The number of nitrogens with two attached hydrogens (primary N) is 1. The Bertz CT molecular complexity index is 353. The second-order valence-corrected chi connectivity index (χ2v) is 4.55. The Morgan fingerprint density at radius 3 is 2.71 bits per heavy atom. The fourth-order valence-electron chi connectivity index (χ4n) is 1.42. The maximum atomic E-state index is 11.9. The zero-order valence-electron chi connectivity index (χ0n) is 10.6. The molecule has 2 N–H and O–H groups in total. The molecular formula is C12H20N4O. The number of amides is 1. The summed E-state index contributed by atoms with van der Waals surface area (Å²) in [4.78, 5) is 13.6. The molecule has 1 aromatic rings. The van der Waals surface area contributed by atoms with Crippen molar-refractivity contribution in [2.24, 2.45) is 11.7 Å². The average molecular weight is 236 g/mol. The fraction of sp³-hybridized carbons (Fsp3) is 0.583. The molecule has 0 spiro atoms. The summed E-state index contributed by atoms with van der Waals surface area (Å²) >= 11 is 0. The van der Waals surface area contributed by atoms with E-state index in [9.17, 15) is 4.79 Å². The van der Waals surface area contributed by atoms with E-state index in [0.29, 0.717) is 18.0 Å². The topological polar surface area (TPSA) is 72.1 Å². The second-order valence-electron chi connectivity index (χ2n) is 4.55. The lowest BCUT2D eigenvalue weighted by molar-refractivity contribution is 0.0788. The van der Waals surface area contributed by atoms with E-state index in [1.807, 2.05) is 0 Å². The number of nitrogens with zero attached hydrogens (tertiary/aromatic N) is 3. The normalized spacial score (nSPS) is 12.5. The third kappa shape index (κ3) is 4.11. The Hall–Kier alpha value is -1.49. The Balaban J connectivity index is 2.48. The zero-order valence-corrected chi connectivity index (χ0v) is 10.6. The zero-order chi connectivity index (χ0) is 12.8. The van der Waals surface area contributed by atoms with Crippen LogP contribution in [-0.4, -0.2) is 40.6 Å². The van der Waals surface area contributed by atoms with Crippen LogP contribution < -0.4 is 5.73 Å². The van der Waals surface area contributed by atoms with Crippen LogP contribution >= 0.6 is 0 Å². The van der Waals surface area contributed by atoms with E-state index >= 15 is 0 Å². The number of carbonyl (C=O) groups is 1. The molecule has 5 heteroatoms. The molecule has 0 aliphatic rings. The van der Waals surface area contributed by atoms with Crippen LogP contribution in [0.3, 0.4) is 0 Å². The van der Waals surface area contributed by atoms with Crippen molar-refractivity contribution in [3.8, 4) is 0 Å². The van der Waals surface area contributed by atoms with Gasteiger partial charge in [-0.05, 0) is 18.4 Å². The quantitative estimate of drug-likeness (QED) is 0.825. The lowest BCUT2D eigenvalue weighted by Crippen LogP contribution is -2.34. The van der Waals surface area contributed by atoms with E-state index in [2.05, 4.69) is 24.0 Å². The van der Waals surface area contributed by atoms with Crippen LogP contribution in [0.15, 0.2) is 18.5 Å². The molecule has 1 unspecified atom stereocenters. The van der Waals surface area contributed by atoms with Gasteiger partial charge in [-0.1, -0.05) is 13.8 Å². The molecule has 1 rings (SSSR count). The van der Waals surface area contributed by atoms with Crippen LogP contribution in [0.5, 0.6) is 0 Å². The summed E-state index contributed by atoms with van der Waals surface area (Å²) in [6, 6.07) is 1.79. The summed E-state index contributed by atoms with van der Waals surface area (Å²) in [7, 11) is 1.77. The molecule has 0 aromatic carbocycles. The van der Waals surface area contributed by atoms with E-state index in [1.165, 1.54) is 12.4 Å². The van der Waals surface area contributed by atoms with Gasteiger partial charge in [0.2, 0.25) is 0 Å². The molecule has 0 saturated carbocycles. The van der Waals surface area contributed by atoms with E-state index in [-0.39, 0.29) is 11.9 Å². The van der Waals surface area contributed by atoms with Crippen molar-refractivity contribution < 1.29 is 4.79 Å². The van der Waals surface area contributed by atoms with Gasteiger partial charge in [-0.3, -0.25) is 4.79 Å². The number of rotatable bonds is 5.